The highest BCUT2D eigenvalue weighted by atomic mass is 32.1. The molecule has 0 aromatic heterocycles. The predicted octanol–water partition coefficient (Wildman–Crippen LogP) is 5.91. The average Bonchev–Trinajstić information content (AvgIpc) is 2.92. The number of hydrogen-bond acceptors (Lipinski definition) is 4. The van der Waals surface area contributed by atoms with Crippen molar-refractivity contribution in [3.05, 3.63) is 119 Å². The summed E-state index contributed by atoms with van der Waals surface area (Å²) in [4.78, 5) is 13.5. The zero-order valence-corrected chi connectivity index (χ0v) is 20.7. The summed E-state index contributed by atoms with van der Waals surface area (Å²) < 4.78 is 11.9. The van der Waals surface area contributed by atoms with E-state index in [1.54, 1.807) is 6.92 Å². The molecule has 4 aromatic carbocycles. The van der Waals surface area contributed by atoms with Crippen molar-refractivity contribution in [3.8, 4) is 5.75 Å². The molecule has 0 unspecified atom stereocenters. The molecule has 0 radical (unpaired) electrons. The standard InChI is InChI=1S/C30H26N2O3S/c1-2-34-29(33)26-27(22-14-7-4-8-15-22)31-30(36)32-28(26)25-23-16-10-9-13-21(23)17-18-24(25)35-19-20-11-5-3-6-12-20/h3-18,28H,2,19H2,1H3,(H2,31,32,36)/t28-/m0/s1. The minimum absolute atomic E-state index is 0.258. The SMILES string of the molecule is CCOC(=O)C1=C(c2ccccc2)NC(=S)N[C@H]1c1c(OCc2ccccc2)ccc2ccccc12. The molecule has 1 atom stereocenters. The van der Waals surface area contributed by atoms with Crippen molar-refractivity contribution in [3.63, 3.8) is 0 Å². The lowest BCUT2D eigenvalue weighted by molar-refractivity contribution is -0.138. The molecule has 6 heteroatoms. The van der Waals surface area contributed by atoms with Crippen LogP contribution in [0.4, 0.5) is 0 Å². The van der Waals surface area contributed by atoms with Crippen LogP contribution in [-0.2, 0) is 16.1 Å². The second kappa shape index (κ2) is 10.6. The van der Waals surface area contributed by atoms with Gasteiger partial charge in [-0.05, 0) is 47.1 Å². The Labute approximate surface area is 215 Å². The topological polar surface area (TPSA) is 59.6 Å². The van der Waals surface area contributed by atoms with Crippen molar-refractivity contribution >= 4 is 39.8 Å². The molecular formula is C30H26N2O3S. The average molecular weight is 495 g/mol. The Hall–Kier alpha value is -4.16. The Morgan fingerprint density at radius 1 is 0.889 bits per heavy atom. The number of hydrogen-bond donors (Lipinski definition) is 2. The third-order valence-electron chi connectivity index (χ3n) is 6.09. The molecular weight excluding hydrogens is 468 g/mol. The largest absolute Gasteiger partial charge is 0.489 e. The fourth-order valence-electron chi connectivity index (χ4n) is 4.48. The highest BCUT2D eigenvalue weighted by molar-refractivity contribution is 7.80. The third kappa shape index (κ3) is 4.81. The zero-order chi connectivity index (χ0) is 24.9. The normalized spacial score (nSPS) is 15.2. The van der Waals surface area contributed by atoms with E-state index in [1.807, 2.05) is 97.1 Å². The molecule has 5 nitrogen and oxygen atoms in total. The Kier molecular flexibility index (Phi) is 6.96. The van der Waals surface area contributed by atoms with Gasteiger partial charge in [-0.1, -0.05) is 91.0 Å². The first kappa shape index (κ1) is 23.6. The second-order valence-corrected chi connectivity index (χ2v) is 8.79. The number of benzene rings is 4. The number of thiocarbonyl (C=S) groups is 1. The smallest absolute Gasteiger partial charge is 0.338 e. The number of fused-ring (bicyclic) bond motifs is 1. The molecule has 4 aromatic rings. The minimum Gasteiger partial charge on any atom is -0.489 e. The van der Waals surface area contributed by atoms with Gasteiger partial charge in [0.25, 0.3) is 0 Å². The van der Waals surface area contributed by atoms with E-state index in [4.69, 9.17) is 21.7 Å². The van der Waals surface area contributed by atoms with E-state index in [1.165, 1.54) is 0 Å². The molecule has 0 spiro atoms. The van der Waals surface area contributed by atoms with Crippen LogP contribution in [0, 0.1) is 0 Å². The predicted molar refractivity (Wildman–Crippen MR) is 146 cm³/mol. The quantitative estimate of drug-likeness (QED) is 0.246. The van der Waals surface area contributed by atoms with Gasteiger partial charge in [0.15, 0.2) is 5.11 Å². The van der Waals surface area contributed by atoms with Crippen LogP contribution in [-0.4, -0.2) is 17.7 Å². The number of esters is 1. The third-order valence-corrected chi connectivity index (χ3v) is 6.31. The van der Waals surface area contributed by atoms with Crippen LogP contribution in [0.25, 0.3) is 16.5 Å². The first-order chi connectivity index (χ1) is 17.7. The Morgan fingerprint density at radius 2 is 1.58 bits per heavy atom. The number of carbonyl (C=O) groups is 1. The second-order valence-electron chi connectivity index (χ2n) is 8.38. The minimum atomic E-state index is -0.579. The number of rotatable bonds is 7. The fraction of sp³-hybridized carbons (Fsp3) is 0.133. The molecule has 1 heterocycles. The lowest BCUT2D eigenvalue weighted by Crippen LogP contribution is -2.45. The van der Waals surface area contributed by atoms with Gasteiger partial charge >= 0.3 is 5.97 Å². The number of ether oxygens (including phenoxy) is 2. The van der Waals surface area contributed by atoms with Crippen molar-refractivity contribution in [1.29, 1.82) is 0 Å². The molecule has 0 bridgehead atoms. The summed E-state index contributed by atoms with van der Waals surface area (Å²) >= 11 is 5.62. The van der Waals surface area contributed by atoms with Crippen LogP contribution < -0.4 is 15.4 Å². The monoisotopic (exact) mass is 494 g/mol. The molecule has 1 aliphatic rings. The maximum absolute atomic E-state index is 13.5. The maximum atomic E-state index is 13.5. The van der Waals surface area contributed by atoms with Gasteiger partial charge in [0.05, 0.1) is 23.9 Å². The van der Waals surface area contributed by atoms with Gasteiger partial charge in [0.1, 0.15) is 12.4 Å². The summed E-state index contributed by atoms with van der Waals surface area (Å²) in [5, 5.41) is 8.97. The lowest BCUT2D eigenvalue weighted by Gasteiger charge is -2.32. The van der Waals surface area contributed by atoms with Crippen molar-refractivity contribution in [1.82, 2.24) is 10.6 Å². The van der Waals surface area contributed by atoms with Gasteiger partial charge in [0.2, 0.25) is 0 Å². The first-order valence-electron chi connectivity index (χ1n) is 11.9. The van der Waals surface area contributed by atoms with E-state index < -0.39 is 12.0 Å². The van der Waals surface area contributed by atoms with E-state index in [-0.39, 0.29) is 6.61 Å². The van der Waals surface area contributed by atoms with E-state index in [2.05, 4.69) is 10.6 Å². The van der Waals surface area contributed by atoms with Crippen LogP contribution >= 0.6 is 12.2 Å². The zero-order valence-electron chi connectivity index (χ0n) is 19.9. The van der Waals surface area contributed by atoms with Gasteiger partial charge in [0, 0.05) is 5.56 Å². The molecule has 0 fully saturated rings. The van der Waals surface area contributed by atoms with E-state index in [0.29, 0.717) is 28.7 Å². The molecule has 0 aliphatic carbocycles. The Balaban J connectivity index is 1.70. The highest BCUT2D eigenvalue weighted by Gasteiger charge is 2.35. The van der Waals surface area contributed by atoms with Crippen molar-refractivity contribution in [2.45, 2.75) is 19.6 Å². The Bertz CT molecular complexity index is 1430. The number of carbonyl (C=O) groups excluding carboxylic acids is 1. The van der Waals surface area contributed by atoms with Gasteiger partial charge in [-0.25, -0.2) is 4.79 Å². The van der Waals surface area contributed by atoms with Crippen molar-refractivity contribution in [2.24, 2.45) is 0 Å². The molecule has 180 valence electrons. The van der Waals surface area contributed by atoms with Crippen molar-refractivity contribution < 1.29 is 14.3 Å². The fourth-order valence-corrected chi connectivity index (χ4v) is 4.70. The van der Waals surface area contributed by atoms with E-state index >= 15 is 0 Å². The summed E-state index contributed by atoms with van der Waals surface area (Å²) in [5.41, 5.74) is 3.82. The van der Waals surface area contributed by atoms with E-state index in [9.17, 15) is 4.79 Å². The summed E-state index contributed by atoms with van der Waals surface area (Å²) in [5.74, 6) is 0.264. The summed E-state index contributed by atoms with van der Waals surface area (Å²) in [6.45, 7) is 2.45. The molecule has 0 saturated heterocycles. The first-order valence-corrected chi connectivity index (χ1v) is 12.3. The lowest BCUT2D eigenvalue weighted by atomic mass is 9.89. The van der Waals surface area contributed by atoms with Crippen LogP contribution in [0.1, 0.15) is 29.7 Å². The van der Waals surface area contributed by atoms with Gasteiger partial charge in [-0.15, -0.1) is 0 Å². The van der Waals surface area contributed by atoms with Gasteiger partial charge in [-0.2, -0.15) is 0 Å². The van der Waals surface area contributed by atoms with Gasteiger partial charge in [-0.3, -0.25) is 0 Å². The number of nitrogens with one attached hydrogen (secondary N) is 2. The molecule has 0 saturated carbocycles. The summed E-state index contributed by atoms with van der Waals surface area (Å²) in [6.07, 6.45) is 0. The van der Waals surface area contributed by atoms with Crippen LogP contribution in [0.3, 0.4) is 0 Å². The molecule has 1 aliphatic heterocycles. The maximum Gasteiger partial charge on any atom is 0.338 e. The summed E-state index contributed by atoms with van der Waals surface area (Å²) in [7, 11) is 0. The van der Waals surface area contributed by atoms with Gasteiger partial charge < -0.3 is 20.1 Å². The van der Waals surface area contributed by atoms with Crippen molar-refractivity contribution in [2.75, 3.05) is 6.61 Å². The van der Waals surface area contributed by atoms with Crippen LogP contribution in [0.2, 0.25) is 0 Å². The molecule has 5 rings (SSSR count). The molecule has 36 heavy (non-hydrogen) atoms. The Morgan fingerprint density at radius 3 is 2.33 bits per heavy atom. The van der Waals surface area contributed by atoms with Crippen LogP contribution in [0.5, 0.6) is 5.75 Å². The summed E-state index contributed by atoms with van der Waals surface area (Å²) in [6, 6.07) is 31.2. The van der Waals surface area contributed by atoms with E-state index in [0.717, 1.165) is 27.5 Å². The highest BCUT2D eigenvalue weighted by Crippen LogP contribution is 2.40. The molecule has 2 N–H and O–H groups in total. The van der Waals surface area contributed by atoms with Crippen LogP contribution in [0.15, 0.2) is 103 Å². The molecule has 0 amide bonds.